The third-order valence-electron chi connectivity index (χ3n) is 1.19. The third kappa shape index (κ3) is 5.65. The van der Waals surface area contributed by atoms with Crippen LogP contribution in [0.25, 0.3) is 0 Å². The van der Waals surface area contributed by atoms with Crippen LogP contribution < -0.4 is 0 Å². The second kappa shape index (κ2) is 4.17. The van der Waals surface area contributed by atoms with Gasteiger partial charge in [0, 0.05) is 0 Å². The number of allylic oxidation sites excluding steroid dienone is 5. The first-order chi connectivity index (χ1) is 4.99. The van der Waals surface area contributed by atoms with Gasteiger partial charge in [0.2, 0.25) is 0 Å². The van der Waals surface area contributed by atoms with Crippen molar-refractivity contribution in [3.63, 3.8) is 0 Å². The standard InChI is InChI=1S/C11H18/c1-6-8-10(7-2)9-11(3,4)5/h6-9H,2H2,1,3-5H3. The van der Waals surface area contributed by atoms with E-state index in [0.29, 0.717) is 0 Å². The van der Waals surface area contributed by atoms with Crippen LogP contribution in [0.5, 0.6) is 0 Å². The molecule has 0 spiro atoms. The zero-order valence-electron chi connectivity index (χ0n) is 8.02. The maximum atomic E-state index is 3.74. The Morgan fingerprint density at radius 3 is 2.09 bits per heavy atom. The number of hydrogen-bond acceptors (Lipinski definition) is 0. The van der Waals surface area contributed by atoms with Crippen LogP contribution in [-0.2, 0) is 0 Å². The molecule has 0 radical (unpaired) electrons. The molecule has 0 N–H and O–H groups in total. The number of hydrogen-bond donors (Lipinski definition) is 0. The van der Waals surface area contributed by atoms with Crippen molar-refractivity contribution in [1.82, 2.24) is 0 Å². The van der Waals surface area contributed by atoms with E-state index in [1.165, 1.54) is 5.57 Å². The molecule has 0 aliphatic carbocycles. The van der Waals surface area contributed by atoms with E-state index in [1.54, 1.807) is 0 Å². The van der Waals surface area contributed by atoms with Crippen LogP contribution in [0.3, 0.4) is 0 Å². The molecule has 0 fully saturated rings. The molecule has 0 aliphatic heterocycles. The van der Waals surface area contributed by atoms with Crippen LogP contribution in [0, 0.1) is 5.41 Å². The fourth-order valence-corrected chi connectivity index (χ4v) is 0.868. The summed E-state index contributed by atoms with van der Waals surface area (Å²) in [5.74, 6) is 0. The minimum atomic E-state index is 0.239. The zero-order chi connectivity index (χ0) is 8.91. The lowest BCUT2D eigenvalue weighted by Gasteiger charge is -2.12. The molecule has 0 saturated heterocycles. The molecule has 0 heteroatoms. The molecule has 0 heterocycles. The van der Waals surface area contributed by atoms with Gasteiger partial charge in [-0.2, -0.15) is 0 Å². The van der Waals surface area contributed by atoms with E-state index in [1.807, 2.05) is 19.1 Å². The topological polar surface area (TPSA) is 0 Å². The predicted octanol–water partition coefficient (Wildman–Crippen LogP) is 3.72. The average molecular weight is 150 g/mol. The maximum absolute atomic E-state index is 3.74. The molecule has 0 nitrogen and oxygen atoms in total. The Morgan fingerprint density at radius 1 is 1.27 bits per heavy atom. The Hall–Kier alpha value is -0.780. The van der Waals surface area contributed by atoms with Crippen LogP contribution in [-0.4, -0.2) is 0 Å². The minimum Gasteiger partial charge on any atom is -0.0985 e. The average Bonchev–Trinajstić information content (AvgIpc) is 1.84. The smallest absolute Gasteiger partial charge is 0.0194 e. The highest BCUT2D eigenvalue weighted by molar-refractivity contribution is 5.30. The lowest BCUT2D eigenvalue weighted by molar-refractivity contribution is 0.542. The summed E-state index contributed by atoms with van der Waals surface area (Å²) in [6.07, 6.45) is 8.18. The van der Waals surface area contributed by atoms with E-state index in [-0.39, 0.29) is 5.41 Å². The van der Waals surface area contributed by atoms with Crippen molar-refractivity contribution in [2.24, 2.45) is 5.41 Å². The van der Waals surface area contributed by atoms with Crippen molar-refractivity contribution in [3.05, 3.63) is 36.5 Å². The van der Waals surface area contributed by atoms with Gasteiger partial charge in [0.1, 0.15) is 0 Å². The second-order valence-corrected chi connectivity index (χ2v) is 3.71. The normalized spacial score (nSPS) is 14.0. The van der Waals surface area contributed by atoms with Crippen molar-refractivity contribution in [2.75, 3.05) is 0 Å². The number of rotatable bonds is 2. The molecular formula is C11H18. The molecule has 0 aromatic heterocycles. The third-order valence-corrected chi connectivity index (χ3v) is 1.19. The van der Waals surface area contributed by atoms with E-state index >= 15 is 0 Å². The second-order valence-electron chi connectivity index (χ2n) is 3.71. The fraction of sp³-hybridized carbons (Fsp3) is 0.455. The van der Waals surface area contributed by atoms with Crippen LogP contribution >= 0.6 is 0 Å². The highest BCUT2D eigenvalue weighted by Gasteiger charge is 2.04. The summed E-state index contributed by atoms with van der Waals surface area (Å²) in [7, 11) is 0. The quantitative estimate of drug-likeness (QED) is 0.526. The van der Waals surface area contributed by atoms with Gasteiger partial charge in [-0.15, -0.1) is 0 Å². The van der Waals surface area contributed by atoms with Crippen molar-refractivity contribution in [2.45, 2.75) is 27.7 Å². The molecule has 0 aromatic rings. The molecule has 62 valence electrons. The monoisotopic (exact) mass is 150 g/mol. The lowest BCUT2D eigenvalue weighted by atomic mass is 9.93. The van der Waals surface area contributed by atoms with Gasteiger partial charge in [0.15, 0.2) is 0 Å². The first-order valence-electron chi connectivity index (χ1n) is 3.97. The van der Waals surface area contributed by atoms with E-state index in [2.05, 4.69) is 39.5 Å². The Balaban J connectivity index is 4.48. The van der Waals surface area contributed by atoms with Gasteiger partial charge >= 0.3 is 0 Å². The zero-order valence-corrected chi connectivity index (χ0v) is 8.02. The summed E-state index contributed by atoms with van der Waals surface area (Å²) in [6, 6.07) is 0. The predicted molar refractivity (Wildman–Crippen MR) is 52.5 cm³/mol. The summed E-state index contributed by atoms with van der Waals surface area (Å²) < 4.78 is 0. The van der Waals surface area contributed by atoms with Gasteiger partial charge in [0.25, 0.3) is 0 Å². The van der Waals surface area contributed by atoms with Gasteiger partial charge in [-0.25, -0.2) is 0 Å². The van der Waals surface area contributed by atoms with Gasteiger partial charge in [-0.05, 0) is 17.9 Å². The first kappa shape index (κ1) is 10.2. The van der Waals surface area contributed by atoms with Gasteiger partial charge in [-0.1, -0.05) is 51.7 Å². The Morgan fingerprint density at radius 2 is 1.82 bits per heavy atom. The van der Waals surface area contributed by atoms with Crippen molar-refractivity contribution in [3.8, 4) is 0 Å². The summed E-state index contributed by atoms with van der Waals surface area (Å²) in [5, 5.41) is 0. The fourth-order valence-electron chi connectivity index (χ4n) is 0.868. The molecule has 0 atom stereocenters. The molecule has 0 saturated carbocycles. The van der Waals surface area contributed by atoms with Crippen LogP contribution in [0.15, 0.2) is 36.5 Å². The SMILES string of the molecule is C=CC(C=CC)=CC(C)(C)C. The summed E-state index contributed by atoms with van der Waals surface area (Å²) >= 11 is 0. The molecule has 11 heavy (non-hydrogen) atoms. The molecule has 0 bridgehead atoms. The van der Waals surface area contributed by atoms with Crippen molar-refractivity contribution in [1.29, 1.82) is 0 Å². The van der Waals surface area contributed by atoms with Crippen molar-refractivity contribution < 1.29 is 0 Å². The highest BCUT2D eigenvalue weighted by Crippen LogP contribution is 2.18. The largest absolute Gasteiger partial charge is 0.0985 e. The summed E-state index contributed by atoms with van der Waals surface area (Å²) in [5.41, 5.74) is 1.43. The van der Waals surface area contributed by atoms with Gasteiger partial charge < -0.3 is 0 Å². The van der Waals surface area contributed by atoms with Gasteiger partial charge in [0.05, 0.1) is 0 Å². The molecule has 0 amide bonds. The van der Waals surface area contributed by atoms with Crippen LogP contribution in [0.1, 0.15) is 27.7 Å². The minimum absolute atomic E-state index is 0.239. The summed E-state index contributed by atoms with van der Waals surface area (Å²) in [4.78, 5) is 0. The highest BCUT2D eigenvalue weighted by atomic mass is 14.1. The lowest BCUT2D eigenvalue weighted by Crippen LogP contribution is -1.99. The van der Waals surface area contributed by atoms with Gasteiger partial charge in [-0.3, -0.25) is 0 Å². The van der Waals surface area contributed by atoms with E-state index in [4.69, 9.17) is 0 Å². The Kier molecular flexibility index (Phi) is 3.88. The molecular weight excluding hydrogens is 132 g/mol. The summed E-state index contributed by atoms with van der Waals surface area (Å²) in [6.45, 7) is 12.3. The molecule has 0 aliphatic rings. The molecule has 0 aromatic carbocycles. The maximum Gasteiger partial charge on any atom is -0.0194 e. The van der Waals surface area contributed by atoms with E-state index in [9.17, 15) is 0 Å². The van der Waals surface area contributed by atoms with E-state index in [0.717, 1.165) is 0 Å². The Bertz CT molecular complexity index is 175. The van der Waals surface area contributed by atoms with Crippen molar-refractivity contribution >= 4 is 0 Å². The van der Waals surface area contributed by atoms with Crippen LogP contribution in [0.4, 0.5) is 0 Å². The molecule has 0 rings (SSSR count). The Labute approximate surface area is 70.3 Å². The van der Waals surface area contributed by atoms with E-state index < -0.39 is 0 Å². The molecule has 0 unspecified atom stereocenters. The van der Waals surface area contributed by atoms with Crippen LogP contribution in [0.2, 0.25) is 0 Å². The first-order valence-corrected chi connectivity index (χ1v) is 3.97.